The minimum atomic E-state index is -4.37. The second-order valence-corrected chi connectivity index (χ2v) is 4.90. The third kappa shape index (κ3) is 2.19. The maximum absolute atomic E-state index is 13.1. The summed E-state index contributed by atoms with van der Waals surface area (Å²) in [5, 5.41) is 3.07. The number of nitrogens with one attached hydrogen (secondary N) is 1. The molecule has 1 aromatic carbocycles. The predicted molar refractivity (Wildman–Crippen MR) is 61.3 cm³/mol. The number of anilines is 1. The van der Waals surface area contributed by atoms with Crippen LogP contribution in [0.1, 0.15) is 24.5 Å². The van der Waals surface area contributed by atoms with E-state index in [4.69, 9.17) is 4.74 Å². The molecule has 2 unspecified atom stereocenters. The van der Waals surface area contributed by atoms with Crippen molar-refractivity contribution < 1.29 is 17.9 Å². The van der Waals surface area contributed by atoms with Gasteiger partial charge in [0.2, 0.25) is 0 Å². The highest BCUT2D eigenvalue weighted by atomic mass is 19.4. The number of fused-ring (bicyclic) bond motifs is 1. The maximum atomic E-state index is 13.1. The molecular formula is C13H14F3NO. The van der Waals surface area contributed by atoms with Crippen LogP contribution in [0.25, 0.3) is 0 Å². The summed E-state index contributed by atoms with van der Waals surface area (Å²) >= 11 is 0. The molecule has 3 rings (SSSR count). The van der Waals surface area contributed by atoms with Crippen LogP contribution in [0.5, 0.6) is 0 Å². The van der Waals surface area contributed by atoms with Crippen LogP contribution in [0.15, 0.2) is 24.3 Å². The maximum Gasteiger partial charge on any atom is 0.418 e. The van der Waals surface area contributed by atoms with E-state index in [1.807, 2.05) is 0 Å². The number of alkyl halides is 3. The lowest BCUT2D eigenvalue weighted by Crippen LogP contribution is -2.30. The zero-order valence-corrected chi connectivity index (χ0v) is 9.70. The van der Waals surface area contributed by atoms with E-state index in [-0.39, 0.29) is 17.6 Å². The van der Waals surface area contributed by atoms with E-state index < -0.39 is 12.3 Å². The van der Waals surface area contributed by atoms with Gasteiger partial charge in [-0.3, -0.25) is 0 Å². The first kappa shape index (κ1) is 11.8. The van der Waals surface area contributed by atoms with Gasteiger partial charge in [0.25, 0.3) is 0 Å². The van der Waals surface area contributed by atoms with Crippen LogP contribution in [0, 0.1) is 5.92 Å². The van der Waals surface area contributed by atoms with E-state index in [1.54, 1.807) is 18.2 Å². The predicted octanol–water partition coefficient (Wildman–Crippen LogP) is 3.51. The van der Waals surface area contributed by atoms with Crippen molar-refractivity contribution in [2.45, 2.75) is 31.2 Å². The summed E-state index contributed by atoms with van der Waals surface area (Å²) < 4.78 is 44.7. The van der Waals surface area contributed by atoms with Crippen LogP contribution in [0.3, 0.4) is 0 Å². The Morgan fingerprint density at radius 2 is 1.89 bits per heavy atom. The molecule has 1 fully saturated rings. The van der Waals surface area contributed by atoms with Crippen LogP contribution in [-0.4, -0.2) is 18.8 Å². The lowest BCUT2D eigenvalue weighted by Gasteiger charge is -2.24. The number of rotatable bonds is 1. The molecule has 0 radical (unpaired) electrons. The topological polar surface area (TPSA) is 21.3 Å². The third-order valence-electron chi connectivity index (χ3n) is 3.49. The molecule has 1 aromatic rings. The highest BCUT2D eigenvalue weighted by Gasteiger charge is 2.47. The molecule has 1 N–H and O–H groups in total. The highest BCUT2D eigenvalue weighted by molar-refractivity contribution is 5.53. The Kier molecular flexibility index (Phi) is 2.73. The number of hydrogen-bond donors (Lipinski definition) is 1. The SMILES string of the molecule is FC(F)(F)C1OC(C2CC2)CNc2ccccc21. The lowest BCUT2D eigenvalue weighted by molar-refractivity contribution is -0.236. The third-order valence-corrected chi connectivity index (χ3v) is 3.49. The Hall–Kier alpha value is -1.23. The molecule has 0 spiro atoms. The molecule has 1 aliphatic carbocycles. The van der Waals surface area contributed by atoms with Crippen molar-refractivity contribution in [2.24, 2.45) is 5.92 Å². The minimum absolute atomic E-state index is 0.188. The number of hydrogen-bond acceptors (Lipinski definition) is 2. The van der Waals surface area contributed by atoms with Gasteiger partial charge in [-0.2, -0.15) is 13.2 Å². The zero-order valence-electron chi connectivity index (χ0n) is 9.70. The minimum Gasteiger partial charge on any atom is -0.382 e. The summed E-state index contributed by atoms with van der Waals surface area (Å²) in [4.78, 5) is 0. The molecule has 2 aliphatic rings. The summed E-state index contributed by atoms with van der Waals surface area (Å²) in [5.74, 6) is 0.275. The molecule has 18 heavy (non-hydrogen) atoms. The van der Waals surface area contributed by atoms with Gasteiger partial charge < -0.3 is 10.1 Å². The lowest BCUT2D eigenvalue weighted by atomic mass is 10.1. The molecule has 0 bridgehead atoms. The van der Waals surface area contributed by atoms with E-state index in [0.717, 1.165) is 12.8 Å². The summed E-state index contributed by atoms with van der Waals surface area (Å²) in [6, 6.07) is 6.50. The van der Waals surface area contributed by atoms with Crippen molar-refractivity contribution in [3.05, 3.63) is 29.8 Å². The molecular weight excluding hydrogens is 243 g/mol. The van der Waals surface area contributed by atoms with Gasteiger partial charge >= 0.3 is 6.18 Å². The van der Waals surface area contributed by atoms with Crippen molar-refractivity contribution in [1.29, 1.82) is 0 Å². The number of ether oxygens (including phenoxy) is 1. The molecule has 0 aromatic heterocycles. The van der Waals surface area contributed by atoms with Crippen LogP contribution >= 0.6 is 0 Å². The Bertz CT molecular complexity index is 442. The fraction of sp³-hybridized carbons (Fsp3) is 0.538. The standard InChI is InChI=1S/C13H14F3NO/c14-13(15,16)12-9-3-1-2-4-10(9)17-7-11(18-12)8-5-6-8/h1-4,8,11-12,17H,5-7H2. The highest BCUT2D eigenvalue weighted by Crippen LogP contribution is 2.45. The van der Waals surface area contributed by atoms with Gasteiger partial charge in [-0.25, -0.2) is 0 Å². The molecule has 2 nitrogen and oxygen atoms in total. The normalized spacial score (nSPS) is 28.2. The van der Waals surface area contributed by atoms with Crippen LogP contribution < -0.4 is 5.32 Å². The molecule has 1 saturated carbocycles. The summed E-state index contributed by atoms with van der Waals surface area (Å²) in [6.07, 6.45) is -4.59. The van der Waals surface area contributed by atoms with E-state index in [1.165, 1.54) is 6.07 Å². The van der Waals surface area contributed by atoms with Gasteiger partial charge in [0.05, 0.1) is 6.10 Å². The van der Waals surface area contributed by atoms with Crippen LogP contribution in [-0.2, 0) is 4.74 Å². The van der Waals surface area contributed by atoms with Crippen molar-refractivity contribution in [3.63, 3.8) is 0 Å². The Balaban J connectivity index is 1.95. The Morgan fingerprint density at radius 1 is 1.17 bits per heavy atom. The second-order valence-electron chi connectivity index (χ2n) is 4.90. The smallest absolute Gasteiger partial charge is 0.382 e. The molecule has 1 heterocycles. The molecule has 0 saturated heterocycles. The first-order chi connectivity index (χ1) is 8.55. The van der Waals surface area contributed by atoms with Crippen molar-refractivity contribution in [3.8, 4) is 0 Å². The average molecular weight is 257 g/mol. The Morgan fingerprint density at radius 3 is 2.56 bits per heavy atom. The van der Waals surface area contributed by atoms with Gasteiger partial charge in [-0.15, -0.1) is 0 Å². The van der Waals surface area contributed by atoms with Gasteiger partial charge in [0.15, 0.2) is 6.10 Å². The van der Waals surface area contributed by atoms with Crippen molar-refractivity contribution in [1.82, 2.24) is 0 Å². The largest absolute Gasteiger partial charge is 0.418 e. The van der Waals surface area contributed by atoms with E-state index in [0.29, 0.717) is 12.2 Å². The zero-order chi connectivity index (χ0) is 12.8. The van der Waals surface area contributed by atoms with Crippen molar-refractivity contribution >= 4 is 5.69 Å². The Labute approximate surface area is 103 Å². The molecule has 5 heteroatoms. The second kappa shape index (κ2) is 4.16. The van der Waals surface area contributed by atoms with Crippen LogP contribution in [0.2, 0.25) is 0 Å². The molecule has 98 valence electrons. The van der Waals surface area contributed by atoms with E-state index in [2.05, 4.69) is 5.32 Å². The van der Waals surface area contributed by atoms with Crippen molar-refractivity contribution in [2.75, 3.05) is 11.9 Å². The van der Waals surface area contributed by atoms with Gasteiger partial charge in [0.1, 0.15) is 0 Å². The summed E-state index contributed by atoms with van der Waals surface area (Å²) in [6.45, 7) is 0.453. The first-order valence-corrected chi connectivity index (χ1v) is 6.10. The molecule has 1 aliphatic heterocycles. The molecule has 2 atom stereocenters. The fourth-order valence-electron chi connectivity index (χ4n) is 2.39. The summed E-state index contributed by atoms with van der Waals surface area (Å²) in [7, 11) is 0. The number of para-hydroxylation sites is 1. The van der Waals surface area contributed by atoms with Gasteiger partial charge in [-0.1, -0.05) is 18.2 Å². The number of benzene rings is 1. The van der Waals surface area contributed by atoms with Gasteiger partial charge in [-0.05, 0) is 24.8 Å². The monoisotopic (exact) mass is 257 g/mol. The fourth-order valence-corrected chi connectivity index (χ4v) is 2.39. The number of halogens is 3. The van der Waals surface area contributed by atoms with Crippen LogP contribution in [0.4, 0.5) is 18.9 Å². The van der Waals surface area contributed by atoms with E-state index >= 15 is 0 Å². The molecule has 0 amide bonds. The summed E-state index contributed by atoms with van der Waals surface area (Å²) in [5.41, 5.74) is 0.719. The average Bonchev–Trinajstić information content (AvgIpc) is 3.12. The van der Waals surface area contributed by atoms with Gasteiger partial charge in [0, 0.05) is 17.8 Å². The first-order valence-electron chi connectivity index (χ1n) is 6.10. The van der Waals surface area contributed by atoms with E-state index in [9.17, 15) is 13.2 Å². The quantitative estimate of drug-likeness (QED) is 0.831.